The zero-order valence-electron chi connectivity index (χ0n) is 4.73. The van der Waals surface area contributed by atoms with Crippen LogP contribution in [0, 0.1) is 6.67 Å². The normalized spacial score (nSPS) is 42.0. The summed E-state index contributed by atoms with van der Waals surface area (Å²) >= 11 is 0. The molecule has 1 rings (SSSR count). The van der Waals surface area contributed by atoms with E-state index in [2.05, 4.69) is 24.5 Å². The molecule has 2 heteroatoms. The van der Waals surface area contributed by atoms with Gasteiger partial charge in [-0.2, -0.15) is 0 Å². The maximum Gasteiger partial charge on any atom is 0.0871 e. The van der Waals surface area contributed by atoms with E-state index in [1.165, 1.54) is 0 Å². The molecule has 2 nitrogen and oxygen atoms in total. The van der Waals surface area contributed by atoms with Gasteiger partial charge in [0.15, 0.2) is 0 Å². The summed E-state index contributed by atoms with van der Waals surface area (Å²) in [5, 5.41) is 6.27. The van der Waals surface area contributed by atoms with E-state index in [9.17, 15) is 0 Å². The summed E-state index contributed by atoms with van der Waals surface area (Å²) in [7, 11) is 0. The molecule has 1 fully saturated rings. The molecule has 1 aliphatic rings. The highest BCUT2D eigenvalue weighted by atomic mass is 15.2. The lowest BCUT2D eigenvalue weighted by Gasteiger charge is -2.05. The monoisotopic (exact) mass is 99.1 g/mol. The second-order valence-corrected chi connectivity index (χ2v) is 2.06. The number of hydrogen-bond donors (Lipinski definition) is 2. The summed E-state index contributed by atoms with van der Waals surface area (Å²) in [5.41, 5.74) is 0. The number of rotatable bonds is 0. The van der Waals surface area contributed by atoms with Crippen molar-refractivity contribution in [1.82, 2.24) is 10.6 Å². The van der Waals surface area contributed by atoms with Gasteiger partial charge in [0.2, 0.25) is 0 Å². The van der Waals surface area contributed by atoms with Gasteiger partial charge in [-0.15, -0.1) is 0 Å². The molecule has 0 aromatic heterocycles. The summed E-state index contributed by atoms with van der Waals surface area (Å²) in [6.07, 6.45) is 0. The van der Waals surface area contributed by atoms with Crippen molar-refractivity contribution in [2.24, 2.45) is 0 Å². The Balaban J connectivity index is 2.33. The van der Waals surface area contributed by atoms with E-state index >= 15 is 0 Å². The second-order valence-electron chi connectivity index (χ2n) is 2.06. The van der Waals surface area contributed by atoms with Crippen LogP contribution in [-0.2, 0) is 0 Å². The maximum absolute atomic E-state index is 3.13. The molecule has 0 amide bonds. The second kappa shape index (κ2) is 1.80. The molecule has 1 heterocycles. The van der Waals surface area contributed by atoms with Crippen LogP contribution in [0.15, 0.2) is 0 Å². The lowest BCUT2D eigenvalue weighted by Crippen LogP contribution is -2.26. The zero-order valence-corrected chi connectivity index (χ0v) is 4.73. The molecule has 41 valence electrons. The lowest BCUT2D eigenvalue weighted by molar-refractivity contribution is 0.583. The first-order valence-electron chi connectivity index (χ1n) is 2.64. The predicted octanol–water partition coefficient (Wildman–Crippen LogP) is 0.0755. The lowest BCUT2D eigenvalue weighted by atomic mass is 10.2. The molecule has 0 aromatic carbocycles. The van der Waals surface area contributed by atoms with Gasteiger partial charge in [-0.1, -0.05) is 0 Å². The van der Waals surface area contributed by atoms with Crippen LogP contribution >= 0.6 is 0 Å². The van der Waals surface area contributed by atoms with E-state index in [1.54, 1.807) is 0 Å². The Bertz CT molecular complexity index is 55.1. The topological polar surface area (TPSA) is 24.1 Å². The molecular formula is C5H11N2. The Morgan fingerprint density at radius 3 is 1.71 bits per heavy atom. The molecule has 0 aliphatic carbocycles. The van der Waals surface area contributed by atoms with E-state index in [0.717, 1.165) is 0 Å². The van der Waals surface area contributed by atoms with Gasteiger partial charge in [0, 0.05) is 12.1 Å². The van der Waals surface area contributed by atoms with Crippen LogP contribution in [0.5, 0.6) is 0 Å². The molecule has 7 heavy (non-hydrogen) atoms. The van der Waals surface area contributed by atoms with Crippen molar-refractivity contribution in [1.29, 1.82) is 0 Å². The van der Waals surface area contributed by atoms with Crippen LogP contribution in [-0.4, -0.2) is 12.1 Å². The number of nitrogens with one attached hydrogen (secondary N) is 2. The molecule has 1 saturated heterocycles. The molecule has 0 saturated carbocycles. The summed E-state index contributed by atoms with van der Waals surface area (Å²) in [6, 6.07) is 1.19. The first kappa shape index (κ1) is 5.06. The van der Waals surface area contributed by atoms with E-state index in [0.29, 0.717) is 12.1 Å². The molecule has 0 spiro atoms. The first-order valence-corrected chi connectivity index (χ1v) is 2.64. The van der Waals surface area contributed by atoms with Crippen LogP contribution in [0.25, 0.3) is 0 Å². The van der Waals surface area contributed by atoms with Gasteiger partial charge >= 0.3 is 0 Å². The fourth-order valence-electron chi connectivity index (χ4n) is 0.600. The van der Waals surface area contributed by atoms with Crippen molar-refractivity contribution in [3.05, 3.63) is 6.67 Å². The quantitative estimate of drug-likeness (QED) is 0.449. The third-order valence-corrected chi connectivity index (χ3v) is 1.44. The largest absolute Gasteiger partial charge is 0.295 e. The predicted molar refractivity (Wildman–Crippen MR) is 29.5 cm³/mol. The fourth-order valence-corrected chi connectivity index (χ4v) is 0.600. The van der Waals surface area contributed by atoms with Crippen LogP contribution < -0.4 is 10.6 Å². The SMILES string of the molecule is CC1N[CH]NC1C. The minimum absolute atomic E-state index is 0.597. The van der Waals surface area contributed by atoms with Gasteiger partial charge in [-0.25, -0.2) is 0 Å². The zero-order chi connectivity index (χ0) is 5.28. The first-order chi connectivity index (χ1) is 3.30. The third-order valence-electron chi connectivity index (χ3n) is 1.44. The van der Waals surface area contributed by atoms with Gasteiger partial charge in [0.25, 0.3) is 0 Å². The van der Waals surface area contributed by atoms with Crippen molar-refractivity contribution in [2.75, 3.05) is 0 Å². The molecule has 2 atom stereocenters. The smallest absolute Gasteiger partial charge is 0.0871 e. The van der Waals surface area contributed by atoms with Crippen LogP contribution in [0.1, 0.15) is 13.8 Å². The molecule has 0 aromatic rings. The molecule has 1 radical (unpaired) electrons. The average molecular weight is 99.2 g/mol. The van der Waals surface area contributed by atoms with Gasteiger partial charge in [-0.05, 0) is 13.8 Å². The molecule has 0 bridgehead atoms. The minimum Gasteiger partial charge on any atom is -0.295 e. The van der Waals surface area contributed by atoms with E-state index in [4.69, 9.17) is 0 Å². The highest BCUT2D eigenvalue weighted by Gasteiger charge is 2.15. The Labute approximate surface area is 44.3 Å². The van der Waals surface area contributed by atoms with E-state index in [1.807, 2.05) is 6.67 Å². The van der Waals surface area contributed by atoms with Crippen molar-refractivity contribution in [3.8, 4) is 0 Å². The van der Waals surface area contributed by atoms with Crippen LogP contribution in [0.3, 0.4) is 0 Å². The van der Waals surface area contributed by atoms with Crippen LogP contribution in [0.4, 0.5) is 0 Å². The Hall–Kier alpha value is -0.0800. The summed E-state index contributed by atoms with van der Waals surface area (Å²) in [4.78, 5) is 0. The molecule has 2 unspecified atom stereocenters. The Morgan fingerprint density at radius 2 is 1.57 bits per heavy atom. The van der Waals surface area contributed by atoms with E-state index in [-0.39, 0.29) is 0 Å². The Morgan fingerprint density at radius 1 is 1.14 bits per heavy atom. The van der Waals surface area contributed by atoms with Crippen molar-refractivity contribution < 1.29 is 0 Å². The minimum atomic E-state index is 0.597. The molecule has 2 N–H and O–H groups in total. The average Bonchev–Trinajstić information content (AvgIpc) is 1.91. The molecule has 1 aliphatic heterocycles. The summed E-state index contributed by atoms with van der Waals surface area (Å²) in [6.45, 7) is 6.21. The maximum atomic E-state index is 3.13. The van der Waals surface area contributed by atoms with Gasteiger partial charge in [0.05, 0.1) is 6.67 Å². The van der Waals surface area contributed by atoms with Crippen LogP contribution in [0.2, 0.25) is 0 Å². The Kier molecular flexibility index (Phi) is 1.30. The van der Waals surface area contributed by atoms with Gasteiger partial charge < -0.3 is 0 Å². The fraction of sp³-hybridized carbons (Fsp3) is 0.800. The highest BCUT2D eigenvalue weighted by Crippen LogP contribution is 1.97. The standard InChI is InChI=1S/C5H11N2/c1-4-5(2)7-3-6-4/h3-7H,1-2H3. The van der Waals surface area contributed by atoms with Crippen molar-refractivity contribution in [2.45, 2.75) is 25.9 Å². The van der Waals surface area contributed by atoms with Crippen molar-refractivity contribution >= 4 is 0 Å². The molecular weight excluding hydrogens is 88.1 g/mol. The van der Waals surface area contributed by atoms with E-state index < -0.39 is 0 Å². The number of hydrogen-bond acceptors (Lipinski definition) is 2. The highest BCUT2D eigenvalue weighted by molar-refractivity contribution is 4.86. The van der Waals surface area contributed by atoms with Gasteiger partial charge in [-0.3, -0.25) is 10.6 Å². The van der Waals surface area contributed by atoms with Crippen molar-refractivity contribution in [3.63, 3.8) is 0 Å². The van der Waals surface area contributed by atoms with Gasteiger partial charge in [0.1, 0.15) is 0 Å². The summed E-state index contributed by atoms with van der Waals surface area (Å²) < 4.78 is 0. The summed E-state index contributed by atoms with van der Waals surface area (Å²) in [5.74, 6) is 0. The third kappa shape index (κ3) is 0.924.